The van der Waals surface area contributed by atoms with Crippen molar-refractivity contribution in [1.82, 2.24) is 4.90 Å². The minimum Gasteiger partial charge on any atom is -0.487 e. The predicted molar refractivity (Wildman–Crippen MR) is 128 cm³/mol. The van der Waals surface area contributed by atoms with E-state index in [9.17, 15) is 14.7 Å². The van der Waals surface area contributed by atoms with Crippen LogP contribution in [0.15, 0.2) is 72.8 Å². The zero-order chi connectivity index (χ0) is 23.4. The summed E-state index contributed by atoms with van der Waals surface area (Å²) < 4.78 is 6.36. The SMILES string of the molecule is CC1(Cc2ccccc2)CCc2cc(C(=O)N(CC(=O)O)Cc3cccc(Cl)c3)ccc2O1. The summed E-state index contributed by atoms with van der Waals surface area (Å²) >= 11 is 6.05. The van der Waals surface area contributed by atoms with Crippen LogP contribution in [-0.4, -0.2) is 34.0 Å². The second kappa shape index (κ2) is 9.67. The van der Waals surface area contributed by atoms with Crippen LogP contribution in [0.3, 0.4) is 0 Å². The quantitative estimate of drug-likeness (QED) is 0.510. The molecular weight excluding hydrogens is 438 g/mol. The van der Waals surface area contributed by atoms with E-state index in [0.29, 0.717) is 10.6 Å². The molecule has 1 N–H and O–H groups in total. The average Bonchev–Trinajstić information content (AvgIpc) is 2.78. The summed E-state index contributed by atoms with van der Waals surface area (Å²) in [4.78, 5) is 25.9. The van der Waals surface area contributed by atoms with Crippen molar-refractivity contribution in [2.24, 2.45) is 0 Å². The number of aliphatic carboxylic acids is 1. The Morgan fingerprint density at radius 1 is 1.03 bits per heavy atom. The number of hydrogen-bond acceptors (Lipinski definition) is 3. The fourth-order valence-electron chi connectivity index (χ4n) is 4.28. The Kier molecular flexibility index (Phi) is 6.70. The first kappa shape index (κ1) is 22.9. The zero-order valence-corrected chi connectivity index (χ0v) is 19.2. The van der Waals surface area contributed by atoms with Gasteiger partial charge < -0.3 is 14.7 Å². The molecule has 0 fully saturated rings. The van der Waals surface area contributed by atoms with Gasteiger partial charge in [-0.2, -0.15) is 0 Å². The lowest BCUT2D eigenvalue weighted by molar-refractivity contribution is -0.137. The van der Waals surface area contributed by atoms with Gasteiger partial charge in [0, 0.05) is 23.6 Å². The molecule has 0 spiro atoms. The van der Waals surface area contributed by atoms with Gasteiger partial charge in [0.2, 0.25) is 0 Å². The standard InChI is InChI=1S/C27H26ClNO4/c1-27(16-19-6-3-2-4-7-19)13-12-21-15-22(10-11-24(21)33-27)26(32)29(18-25(30)31)17-20-8-5-9-23(28)14-20/h2-11,14-15H,12-13,16-18H2,1H3,(H,30,31). The number of hydrogen-bond donors (Lipinski definition) is 1. The van der Waals surface area contributed by atoms with E-state index in [1.807, 2.05) is 36.4 Å². The van der Waals surface area contributed by atoms with Crippen LogP contribution in [0.5, 0.6) is 5.75 Å². The smallest absolute Gasteiger partial charge is 0.323 e. The molecule has 5 nitrogen and oxygen atoms in total. The number of nitrogens with zero attached hydrogens (tertiary/aromatic N) is 1. The molecule has 3 aromatic rings. The molecule has 1 heterocycles. The van der Waals surface area contributed by atoms with Gasteiger partial charge in [0.1, 0.15) is 17.9 Å². The van der Waals surface area contributed by atoms with Gasteiger partial charge in [-0.25, -0.2) is 0 Å². The largest absolute Gasteiger partial charge is 0.487 e. The Hall–Kier alpha value is -3.31. The molecule has 0 bridgehead atoms. The molecule has 0 aromatic heterocycles. The number of ether oxygens (including phenoxy) is 1. The number of rotatable bonds is 7. The first-order chi connectivity index (χ1) is 15.8. The second-order valence-corrected chi connectivity index (χ2v) is 9.16. The molecule has 0 radical (unpaired) electrons. The molecule has 33 heavy (non-hydrogen) atoms. The summed E-state index contributed by atoms with van der Waals surface area (Å²) in [5.74, 6) is -0.628. The number of aryl methyl sites for hydroxylation is 1. The monoisotopic (exact) mass is 463 g/mol. The van der Waals surface area contributed by atoms with E-state index >= 15 is 0 Å². The lowest BCUT2D eigenvalue weighted by atomic mass is 9.87. The molecule has 1 amide bonds. The first-order valence-corrected chi connectivity index (χ1v) is 11.3. The molecule has 1 aliphatic heterocycles. The number of fused-ring (bicyclic) bond motifs is 1. The molecule has 6 heteroatoms. The first-order valence-electron chi connectivity index (χ1n) is 10.9. The molecule has 3 aromatic carbocycles. The lowest BCUT2D eigenvalue weighted by Gasteiger charge is -2.36. The Labute approximate surface area is 198 Å². The predicted octanol–water partition coefficient (Wildman–Crippen LogP) is 5.39. The number of benzene rings is 3. The normalized spacial score (nSPS) is 17.0. The number of carboxylic acids is 1. The van der Waals surface area contributed by atoms with Gasteiger partial charge >= 0.3 is 5.97 Å². The molecule has 1 atom stereocenters. The number of halogens is 1. The van der Waals surface area contributed by atoms with E-state index in [2.05, 4.69) is 19.1 Å². The molecule has 0 saturated heterocycles. The molecule has 1 aliphatic rings. The summed E-state index contributed by atoms with van der Waals surface area (Å²) in [5, 5.41) is 9.88. The Bertz CT molecular complexity index is 1160. The zero-order valence-electron chi connectivity index (χ0n) is 18.5. The fraction of sp³-hybridized carbons (Fsp3) is 0.259. The van der Waals surface area contributed by atoms with Crippen molar-refractivity contribution in [3.05, 3.63) is 100 Å². The van der Waals surface area contributed by atoms with Crippen LogP contribution in [0.1, 0.15) is 40.4 Å². The van der Waals surface area contributed by atoms with E-state index in [1.165, 1.54) is 10.5 Å². The van der Waals surface area contributed by atoms with E-state index in [0.717, 1.165) is 36.1 Å². The van der Waals surface area contributed by atoms with Crippen LogP contribution in [0.2, 0.25) is 5.02 Å². The summed E-state index contributed by atoms with van der Waals surface area (Å²) in [7, 11) is 0. The van der Waals surface area contributed by atoms with Crippen molar-refractivity contribution >= 4 is 23.5 Å². The maximum atomic E-state index is 13.2. The third-order valence-electron chi connectivity index (χ3n) is 5.88. The third-order valence-corrected chi connectivity index (χ3v) is 6.12. The maximum absolute atomic E-state index is 13.2. The van der Waals surface area contributed by atoms with E-state index in [4.69, 9.17) is 16.3 Å². The fourth-order valence-corrected chi connectivity index (χ4v) is 4.49. The Morgan fingerprint density at radius 3 is 2.52 bits per heavy atom. The van der Waals surface area contributed by atoms with Crippen LogP contribution >= 0.6 is 11.6 Å². The summed E-state index contributed by atoms with van der Waals surface area (Å²) in [6.45, 7) is 1.88. The average molecular weight is 464 g/mol. The molecule has 1 unspecified atom stereocenters. The summed E-state index contributed by atoms with van der Waals surface area (Å²) in [6, 6.07) is 22.7. The Balaban J connectivity index is 1.52. The molecule has 0 saturated carbocycles. The highest BCUT2D eigenvalue weighted by Crippen LogP contribution is 2.36. The number of amides is 1. The molecule has 170 valence electrons. The van der Waals surface area contributed by atoms with Gasteiger partial charge in [-0.05, 0) is 66.8 Å². The van der Waals surface area contributed by atoms with Crippen LogP contribution in [0.25, 0.3) is 0 Å². The third kappa shape index (κ3) is 5.74. The minimum absolute atomic E-state index is 0.161. The highest BCUT2D eigenvalue weighted by Gasteiger charge is 2.32. The summed E-state index contributed by atoms with van der Waals surface area (Å²) in [6.07, 6.45) is 2.42. The summed E-state index contributed by atoms with van der Waals surface area (Å²) in [5.41, 5.74) is 3.09. The number of carbonyl (C=O) groups is 2. The van der Waals surface area contributed by atoms with Gasteiger partial charge in [0.15, 0.2) is 0 Å². The minimum atomic E-state index is -1.07. The van der Waals surface area contributed by atoms with Crippen LogP contribution in [-0.2, 0) is 24.2 Å². The highest BCUT2D eigenvalue weighted by atomic mass is 35.5. The molecule has 0 aliphatic carbocycles. The van der Waals surface area contributed by atoms with Crippen molar-refractivity contribution in [2.45, 2.75) is 38.3 Å². The van der Waals surface area contributed by atoms with Crippen molar-refractivity contribution in [3.63, 3.8) is 0 Å². The van der Waals surface area contributed by atoms with Crippen molar-refractivity contribution in [3.8, 4) is 5.75 Å². The van der Waals surface area contributed by atoms with E-state index < -0.39 is 12.5 Å². The second-order valence-electron chi connectivity index (χ2n) is 8.72. The van der Waals surface area contributed by atoms with Crippen LogP contribution in [0.4, 0.5) is 0 Å². The van der Waals surface area contributed by atoms with Crippen molar-refractivity contribution in [1.29, 1.82) is 0 Å². The van der Waals surface area contributed by atoms with Gasteiger partial charge in [0.25, 0.3) is 5.91 Å². The van der Waals surface area contributed by atoms with Gasteiger partial charge in [-0.15, -0.1) is 0 Å². The molecule has 4 rings (SSSR count). The van der Waals surface area contributed by atoms with Crippen LogP contribution in [0, 0.1) is 0 Å². The number of carbonyl (C=O) groups excluding carboxylic acids is 1. The van der Waals surface area contributed by atoms with Crippen molar-refractivity contribution < 1.29 is 19.4 Å². The van der Waals surface area contributed by atoms with Gasteiger partial charge in [-0.1, -0.05) is 54.1 Å². The van der Waals surface area contributed by atoms with E-state index in [1.54, 1.807) is 24.3 Å². The van der Waals surface area contributed by atoms with Crippen LogP contribution < -0.4 is 4.74 Å². The van der Waals surface area contributed by atoms with Gasteiger partial charge in [0.05, 0.1) is 0 Å². The lowest BCUT2D eigenvalue weighted by Crippen LogP contribution is -2.39. The van der Waals surface area contributed by atoms with E-state index in [-0.39, 0.29) is 18.1 Å². The highest BCUT2D eigenvalue weighted by molar-refractivity contribution is 6.30. The molecular formula is C27H26ClNO4. The Morgan fingerprint density at radius 2 is 1.79 bits per heavy atom. The topological polar surface area (TPSA) is 66.8 Å². The van der Waals surface area contributed by atoms with Gasteiger partial charge in [-0.3, -0.25) is 9.59 Å². The maximum Gasteiger partial charge on any atom is 0.323 e. The number of carboxylic acid groups (broad SMARTS) is 1. The van der Waals surface area contributed by atoms with Crippen molar-refractivity contribution in [2.75, 3.05) is 6.54 Å².